The number of benzene rings is 1. The fourth-order valence-corrected chi connectivity index (χ4v) is 2.88. The smallest absolute Gasteiger partial charge is 0.240 e. The van der Waals surface area contributed by atoms with Crippen molar-refractivity contribution in [3.05, 3.63) is 29.6 Å². The lowest BCUT2D eigenvalue weighted by molar-refractivity contribution is 0.188. The number of rotatable bonds is 6. The zero-order valence-electron chi connectivity index (χ0n) is 11.9. The van der Waals surface area contributed by atoms with Crippen molar-refractivity contribution in [3.63, 3.8) is 0 Å². The van der Waals surface area contributed by atoms with Crippen LogP contribution in [0.5, 0.6) is 0 Å². The molecule has 21 heavy (non-hydrogen) atoms. The number of ether oxygens (including phenoxy) is 1. The Kier molecular flexibility index (Phi) is 6.78. The highest BCUT2D eigenvalue weighted by Gasteiger charge is 2.18. The summed E-state index contributed by atoms with van der Waals surface area (Å²) in [5.74, 6) is 3.96. The molecule has 0 radical (unpaired) electrons. The molecule has 0 amide bonds. The SMILES string of the molecule is COCCC(C)NS(=O)(=O)c1ccc(C#CCO)c(F)c1. The molecule has 116 valence electrons. The fraction of sp³-hybridized carbons (Fsp3) is 0.429. The maximum Gasteiger partial charge on any atom is 0.240 e. The fourth-order valence-electron chi connectivity index (χ4n) is 1.59. The predicted octanol–water partition coefficient (Wildman–Crippen LogP) is 0.873. The van der Waals surface area contributed by atoms with E-state index in [1.54, 1.807) is 6.92 Å². The van der Waals surface area contributed by atoms with E-state index < -0.39 is 22.4 Å². The Morgan fingerprint density at radius 2 is 2.19 bits per heavy atom. The van der Waals surface area contributed by atoms with Gasteiger partial charge in [0.25, 0.3) is 0 Å². The molecule has 0 aliphatic rings. The third-order valence-electron chi connectivity index (χ3n) is 2.66. The molecule has 0 saturated heterocycles. The van der Waals surface area contributed by atoms with Gasteiger partial charge in [0.05, 0.1) is 10.5 Å². The van der Waals surface area contributed by atoms with Gasteiger partial charge in [0, 0.05) is 19.8 Å². The van der Waals surface area contributed by atoms with Crippen molar-refractivity contribution >= 4 is 10.0 Å². The van der Waals surface area contributed by atoms with Gasteiger partial charge in [0.15, 0.2) is 0 Å². The predicted molar refractivity (Wildman–Crippen MR) is 76.6 cm³/mol. The van der Waals surface area contributed by atoms with Gasteiger partial charge in [-0.2, -0.15) is 0 Å². The Labute approximate surface area is 124 Å². The molecule has 1 unspecified atom stereocenters. The number of halogens is 1. The van der Waals surface area contributed by atoms with E-state index in [0.29, 0.717) is 13.0 Å². The van der Waals surface area contributed by atoms with Crippen molar-refractivity contribution in [1.29, 1.82) is 0 Å². The summed E-state index contributed by atoms with van der Waals surface area (Å²) in [4.78, 5) is -0.168. The molecule has 0 aliphatic heterocycles. The standard InChI is InChI=1S/C14H18FNO4S/c1-11(7-9-20-2)16-21(18,19)13-6-5-12(4-3-8-17)14(15)10-13/h5-6,10-11,16-17H,7-9H2,1-2H3. The van der Waals surface area contributed by atoms with Crippen LogP contribution in [0.15, 0.2) is 23.1 Å². The number of aliphatic hydroxyl groups is 1. The monoisotopic (exact) mass is 315 g/mol. The van der Waals surface area contributed by atoms with E-state index >= 15 is 0 Å². The van der Waals surface area contributed by atoms with Crippen LogP contribution in [0, 0.1) is 17.7 Å². The van der Waals surface area contributed by atoms with E-state index in [0.717, 1.165) is 6.07 Å². The maximum atomic E-state index is 13.7. The number of sulfonamides is 1. The second kappa shape index (κ2) is 8.10. The molecule has 5 nitrogen and oxygen atoms in total. The Balaban J connectivity index is 2.91. The number of methoxy groups -OCH3 is 1. The number of nitrogens with one attached hydrogen (secondary N) is 1. The van der Waals surface area contributed by atoms with Crippen LogP contribution in [-0.2, 0) is 14.8 Å². The summed E-state index contributed by atoms with van der Waals surface area (Å²) in [7, 11) is -2.26. The van der Waals surface area contributed by atoms with Crippen LogP contribution in [0.3, 0.4) is 0 Å². The van der Waals surface area contributed by atoms with Gasteiger partial charge in [-0.05, 0) is 31.5 Å². The molecule has 7 heteroatoms. The van der Waals surface area contributed by atoms with Gasteiger partial charge in [0.1, 0.15) is 12.4 Å². The highest BCUT2D eigenvalue weighted by Crippen LogP contribution is 2.15. The average molecular weight is 315 g/mol. The summed E-state index contributed by atoms with van der Waals surface area (Å²) in [5.41, 5.74) is 0.0374. The van der Waals surface area contributed by atoms with Crippen LogP contribution in [-0.4, -0.2) is 39.9 Å². The first kappa shape index (κ1) is 17.6. The van der Waals surface area contributed by atoms with Crippen molar-refractivity contribution in [1.82, 2.24) is 4.72 Å². The van der Waals surface area contributed by atoms with E-state index in [9.17, 15) is 12.8 Å². The molecule has 0 fully saturated rings. The summed E-state index contributed by atoms with van der Waals surface area (Å²) in [6.07, 6.45) is 0.512. The lowest BCUT2D eigenvalue weighted by Crippen LogP contribution is -2.33. The van der Waals surface area contributed by atoms with Crippen LogP contribution < -0.4 is 4.72 Å². The van der Waals surface area contributed by atoms with Crippen molar-refractivity contribution < 1.29 is 22.7 Å². The molecule has 2 N–H and O–H groups in total. The zero-order chi connectivity index (χ0) is 15.9. The Bertz CT molecular complexity index is 634. The normalized spacial score (nSPS) is 12.6. The lowest BCUT2D eigenvalue weighted by atomic mass is 10.2. The molecule has 0 aliphatic carbocycles. The quantitative estimate of drug-likeness (QED) is 0.764. The largest absolute Gasteiger partial charge is 0.385 e. The van der Waals surface area contributed by atoms with Crippen molar-refractivity contribution in [2.24, 2.45) is 0 Å². The van der Waals surface area contributed by atoms with E-state index in [2.05, 4.69) is 16.6 Å². The van der Waals surface area contributed by atoms with E-state index in [1.165, 1.54) is 19.2 Å². The minimum Gasteiger partial charge on any atom is -0.385 e. The van der Waals surface area contributed by atoms with Crippen LogP contribution in [0.1, 0.15) is 18.9 Å². The number of hydrogen-bond acceptors (Lipinski definition) is 4. The second-order valence-corrected chi connectivity index (χ2v) is 6.12. The minimum atomic E-state index is -3.79. The second-order valence-electron chi connectivity index (χ2n) is 4.41. The molecular weight excluding hydrogens is 297 g/mol. The summed E-state index contributed by atoms with van der Waals surface area (Å²) in [6.45, 7) is 1.74. The van der Waals surface area contributed by atoms with E-state index in [-0.39, 0.29) is 16.5 Å². The summed E-state index contributed by atoms with van der Waals surface area (Å²) >= 11 is 0. The van der Waals surface area contributed by atoms with Crippen LogP contribution in [0.4, 0.5) is 4.39 Å². The van der Waals surface area contributed by atoms with Crippen molar-refractivity contribution in [2.45, 2.75) is 24.3 Å². The summed E-state index contributed by atoms with van der Waals surface area (Å²) in [6, 6.07) is 3.13. The van der Waals surface area contributed by atoms with Gasteiger partial charge in [-0.1, -0.05) is 11.8 Å². The van der Waals surface area contributed by atoms with Crippen molar-refractivity contribution in [2.75, 3.05) is 20.3 Å². The Morgan fingerprint density at radius 1 is 1.48 bits per heavy atom. The number of aliphatic hydroxyl groups excluding tert-OH is 1. The lowest BCUT2D eigenvalue weighted by Gasteiger charge is -2.14. The molecular formula is C14H18FNO4S. The topological polar surface area (TPSA) is 75.6 Å². The average Bonchev–Trinajstić information content (AvgIpc) is 2.43. The maximum absolute atomic E-state index is 13.7. The molecule has 0 heterocycles. The molecule has 1 aromatic carbocycles. The van der Waals surface area contributed by atoms with E-state index in [4.69, 9.17) is 9.84 Å². The molecule has 0 saturated carbocycles. The first-order chi connectivity index (χ1) is 9.90. The summed E-state index contributed by atoms with van der Waals surface area (Å²) < 4.78 is 45.2. The molecule has 0 spiro atoms. The molecule has 1 aromatic rings. The van der Waals surface area contributed by atoms with Gasteiger partial charge < -0.3 is 9.84 Å². The highest BCUT2D eigenvalue weighted by atomic mass is 32.2. The Morgan fingerprint density at radius 3 is 2.76 bits per heavy atom. The van der Waals surface area contributed by atoms with Crippen LogP contribution in [0.2, 0.25) is 0 Å². The third-order valence-corrected chi connectivity index (χ3v) is 4.25. The minimum absolute atomic E-state index is 0.0374. The summed E-state index contributed by atoms with van der Waals surface area (Å²) in [5, 5.41) is 8.56. The van der Waals surface area contributed by atoms with E-state index in [1.807, 2.05) is 0 Å². The van der Waals surface area contributed by atoms with Crippen molar-refractivity contribution in [3.8, 4) is 11.8 Å². The molecule has 0 bridgehead atoms. The Hall–Kier alpha value is -1.46. The van der Waals surface area contributed by atoms with Gasteiger partial charge >= 0.3 is 0 Å². The van der Waals surface area contributed by atoms with Crippen LogP contribution >= 0.6 is 0 Å². The number of hydrogen-bond donors (Lipinski definition) is 2. The first-order valence-corrected chi connectivity index (χ1v) is 7.79. The van der Waals surface area contributed by atoms with Gasteiger partial charge in [-0.25, -0.2) is 17.5 Å². The molecule has 1 atom stereocenters. The van der Waals surface area contributed by atoms with Gasteiger partial charge in [0.2, 0.25) is 10.0 Å². The van der Waals surface area contributed by atoms with Crippen LogP contribution in [0.25, 0.3) is 0 Å². The molecule has 1 rings (SSSR count). The zero-order valence-corrected chi connectivity index (χ0v) is 12.7. The molecule has 0 aromatic heterocycles. The van der Waals surface area contributed by atoms with Gasteiger partial charge in [-0.3, -0.25) is 0 Å². The third kappa shape index (κ3) is 5.44. The highest BCUT2D eigenvalue weighted by molar-refractivity contribution is 7.89. The van der Waals surface area contributed by atoms with Gasteiger partial charge in [-0.15, -0.1) is 0 Å². The first-order valence-electron chi connectivity index (χ1n) is 6.31.